The molecule has 7 nitrogen and oxygen atoms in total. The average molecular weight is 372 g/mol. The van der Waals surface area contributed by atoms with Crippen LogP contribution in [0.3, 0.4) is 0 Å². The Bertz CT molecular complexity index is 1390. The van der Waals surface area contributed by atoms with E-state index in [1.807, 2.05) is 0 Å². The van der Waals surface area contributed by atoms with Crippen LogP contribution in [0.5, 0.6) is 0 Å². The van der Waals surface area contributed by atoms with E-state index in [0.717, 1.165) is 10.4 Å². The third-order valence-corrected chi connectivity index (χ3v) is 5.46. The zero-order valence-electron chi connectivity index (χ0n) is 15.3. The normalized spacial score (nSPS) is 13.7. The highest BCUT2D eigenvalue weighted by Crippen LogP contribution is 2.35. The molecule has 0 unspecified atom stereocenters. The summed E-state index contributed by atoms with van der Waals surface area (Å²) in [6.07, 6.45) is 0. The van der Waals surface area contributed by atoms with E-state index in [2.05, 4.69) is 0 Å². The molecule has 1 aromatic heterocycles. The van der Waals surface area contributed by atoms with Gasteiger partial charge in [0.15, 0.2) is 0 Å². The van der Waals surface area contributed by atoms with Crippen LogP contribution in [0.15, 0.2) is 53.3 Å². The van der Waals surface area contributed by atoms with Crippen molar-refractivity contribution in [2.75, 3.05) is 10.6 Å². The van der Waals surface area contributed by atoms with Gasteiger partial charge in [-0.3, -0.25) is 18.7 Å². The maximum absolute atomic E-state index is 13.2. The molecule has 5 rings (SSSR count). The number of fused-ring (bicyclic) bond motifs is 1. The third-order valence-electron chi connectivity index (χ3n) is 5.46. The summed E-state index contributed by atoms with van der Waals surface area (Å²) < 4.78 is 3.02. The number of nitrogen functional groups attached to an aromatic ring is 1. The number of amides is 2. The van der Waals surface area contributed by atoms with Crippen LogP contribution in [-0.4, -0.2) is 20.9 Å². The van der Waals surface area contributed by atoms with E-state index in [9.17, 15) is 14.4 Å². The molecule has 0 spiro atoms. The minimum absolute atomic E-state index is 0.172. The summed E-state index contributed by atoms with van der Waals surface area (Å²) in [7, 11) is 3.34. The zero-order valence-corrected chi connectivity index (χ0v) is 15.3. The Morgan fingerprint density at radius 3 is 2.21 bits per heavy atom. The minimum Gasteiger partial charge on any atom is -0.398 e. The maximum Gasteiger partial charge on any atom is 0.328 e. The molecule has 0 radical (unpaired) electrons. The van der Waals surface area contributed by atoms with Crippen LogP contribution in [0.25, 0.3) is 21.8 Å². The molecule has 7 heteroatoms. The fourth-order valence-corrected chi connectivity index (χ4v) is 3.99. The lowest BCUT2D eigenvalue weighted by Gasteiger charge is -2.27. The van der Waals surface area contributed by atoms with Gasteiger partial charge in [0.25, 0.3) is 11.8 Å². The highest BCUT2D eigenvalue weighted by molar-refractivity contribution is 6.36. The molecule has 4 aromatic rings. The highest BCUT2D eigenvalue weighted by atomic mass is 16.2. The molecular formula is C21H16N4O3. The van der Waals surface area contributed by atoms with Crippen molar-refractivity contribution >= 4 is 45.0 Å². The van der Waals surface area contributed by atoms with Crippen molar-refractivity contribution in [3.05, 3.63) is 70.1 Å². The first-order chi connectivity index (χ1) is 13.4. The number of hydrogen-bond donors (Lipinski definition) is 1. The molecule has 1 aliphatic heterocycles. The molecule has 0 bridgehead atoms. The van der Waals surface area contributed by atoms with Crippen LogP contribution in [0.1, 0.15) is 20.7 Å². The first-order valence-corrected chi connectivity index (χ1v) is 8.75. The van der Waals surface area contributed by atoms with Gasteiger partial charge in [0, 0.05) is 41.7 Å². The number of nitrogens with zero attached hydrogens (tertiary/aromatic N) is 3. The number of carbonyl (C=O) groups excluding carboxylic acids is 2. The monoisotopic (exact) mass is 372 g/mol. The standard InChI is InChI=1S/C21H16N4O3/c1-23-16-9-6-11(10-17(16)24(2)21(23)28)25-19(26)13-5-3-4-12-15(22)8-7-14(18(12)13)20(25)27/h3-10H,22H2,1-2H3. The van der Waals surface area contributed by atoms with Crippen LogP contribution >= 0.6 is 0 Å². The van der Waals surface area contributed by atoms with Crippen LogP contribution < -0.4 is 16.3 Å². The summed E-state index contributed by atoms with van der Waals surface area (Å²) in [6.45, 7) is 0. The second-order valence-electron chi connectivity index (χ2n) is 6.95. The smallest absolute Gasteiger partial charge is 0.328 e. The minimum atomic E-state index is -0.408. The Labute approximate surface area is 159 Å². The van der Waals surface area contributed by atoms with E-state index >= 15 is 0 Å². The Hall–Kier alpha value is -3.87. The van der Waals surface area contributed by atoms with E-state index in [-0.39, 0.29) is 5.69 Å². The van der Waals surface area contributed by atoms with Gasteiger partial charge in [0.05, 0.1) is 16.7 Å². The van der Waals surface area contributed by atoms with Gasteiger partial charge in [-0.2, -0.15) is 0 Å². The Kier molecular flexibility index (Phi) is 3.10. The lowest BCUT2D eigenvalue weighted by molar-refractivity contribution is 0.0893. The van der Waals surface area contributed by atoms with Gasteiger partial charge >= 0.3 is 5.69 Å². The molecule has 28 heavy (non-hydrogen) atoms. The van der Waals surface area contributed by atoms with Crippen LogP contribution in [0.2, 0.25) is 0 Å². The predicted octanol–water partition coefficient (Wildman–Crippen LogP) is 2.41. The van der Waals surface area contributed by atoms with Crippen LogP contribution in [0.4, 0.5) is 11.4 Å². The highest BCUT2D eigenvalue weighted by Gasteiger charge is 2.34. The number of rotatable bonds is 1. The van der Waals surface area contributed by atoms with E-state index in [1.54, 1.807) is 62.6 Å². The predicted molar refractivity (Wildman–Crippen MR) is 108 cm³/mol. The number of anilines is 2. The SMILES string of the molecule is Cn1c(=O)n(C)c2cc(N3C(=O)c4cccc5c(N)ccc(c45)C3=O)ccc21. The number of carbonyl (C=O) groups is 2. The number of nitrogens with two attached hydrogens (primary N) is 1. The molecule has 138 valence electrons. The van der Waals surface area contributed by atoms with E-state index in [4.69, 9.17) is 5.73 Å². The van der Waals surface area contributed by atoms with Crippen LogP contribution in [-0.2, 0) is 14.1 Å². The average Bonchev–Trinajstić information content (AvgIpc) is 2.91. The fourth-order valence-electron chi connectivity index (χ4n) is 3.99. The van der Waals surface area contributed by atoms with Crippen molar-refractivity contribution in [3.63, 3.8) is 0 Å². The summed E-state index contributed by atoms with van der Waals surface area (Å²) in [4.78, 5) is 39.8. The lowest BCUT2D eigenvalue weighted by Crippen LogP contribution is -2.40. The van der Waals surface area contributed by atoms with E-state index in [0.29, 0.717) is 38.8 Å². The van der Waals surface area contributed by atoms with Gasteiger partial charge in [-0.05, 0) is 36.4 Å². The molecule has 0 saturated carbocycles. The lowest BCUT2D eigenvalue weighted by atomic mass is 9.93. The first kappa shape index (κ1) is 16.3. The Morgan fingerprint density at radius 1 is 0.786 bits per heavy atom. The Morgan fingerprint density at radius 2 is 1.46 bits per heavy atom. The molecule has 2 amide bonds. The Balaban J connectivity index is 1.76. The van der Waals surface area contributed by atoms with E-state index < -0.39 is 11.8 Å². The molecule has 3 aromatic carbocycles. The van der Waals surface area contributed by atoms with Gasteiger partial charge in [0.1, 0.15) is 0 Å². The fraction of sp³-hybridized carbons (Fsp3) is 0.0952. The molecule has 2 heterocycles. The van der Waals surface area contributed by atoms with Crippen molar-refractivity contribution in [2.45, 2.75) is 0 Å². The number of hydrogen-bond acceptors (Lipinski definition) is 4. The number of imide groups is 1. The third kappa shape index (κ3) is 1.90. The largest absolute Gasteiger partial charge is 0.398 e. The van der Waals surface area contributed by atoms with Gasteiger partial charge < -0.3 is 5.73 Å². The molecule has 0 aliphatic carbocycles. The molecule has 2 N–H and O–H groups in total. The van der Waals surface area contributed by atoms with Gasteiger partial charge in [-0.25, -0.2) is 9.69 Å². The summed E-state index contributed by atoms with van der Waals surface area (Å²) in [5.41, 5.74) is 9.04. The number of benzene rings is 3. The zero-order chi connectivity index (χ0) is 19.7. The molecular weight excluding hydrogens is 356 g/mol. The summed E-state index contributed by atoms with van der Waals surface area (Å²) in [6, 6.07) is 13.7. The summed E-state index contributed by atoms with van der Waals surface area (Å²) in [5, 5.41) is 1.28. The second kappa shape index (κ2) is 5.32. The molecule has 1 aliphatic rings. The number of aromatic nitrogens is 2. The molecule has 0 fully saturated rings. The van der Waals surface area contributed by atoms with Crippen molar-refractivity contribution in [3.8, 4) is 0 Å². The first-order valence-electron chi connectivity index (χ1n) is 8.75. The molecule has 0 atom stereocenters. The van der Waals surface area contributed by atoms with Crippen molar-refractivity contribution in [2.24, 2.45) is 14.1 Å². The number of aryl methyl sites for hydroxylation is 2. The second-order valence-corrected chi connectivity index (χ2v) is 6.95. The van der Waals surface area contributed by atoms with Crippen molar-refractivity contribution in [1.29, 1.82) is 0 Å². The van der Waals surface area contributed by atoms with Gasteiger partial charge in [-0.1, -0.05) is 12.1 Å². The molecule has 0 saturated heterocycles. The quantitative estimate of drug-likeness (QED) is 0.410. The summed E-state index contributed by atoms with van der Waals surface area (Å²) >= 11 is 0. The summed E-state index contributed by atoms with van der Waals surface area (Å²) in [5.74, 6) is -0.817. The van der Waals surface area contributed by atoms with Crippen molar-refractivity contribution in [1.82, 2.24) is 9.13 Å². The van der Waals surface area contributed by atoms with Crippen LogP contribution in [0, 0.1) is 0 Å². The number of imidazole rings is 1. The topological polar surface area (TPSA) is 90.3 Å². The maximum atomic E-state index is 13.2. The van der Waals surface area contributed by atoms with E-state index in [1.165, 1.54) is 9.13 Å². The van der Waals surface area contributed by atoms with Crippen molar-refractivity contribution < 1.29 is 9.59 Å². The van der Waals surface area contributed by atoms with Gasteiger partial charge in [-0.15, -0.1) is 0 Å². The van der Waals surface area contributed by atoms with Gasteiger partial charge in [0.2, 0.25) is 0 Å².